The first-order chi connectivity index (χ1) is 9.18. The molecule has 2 aromatic heterocycles. The number of amides is 1. The van der Waals surface area contributed by atoms with Gasteiger partial charge in [0.1, 0.15) is 0 Å². The standard InChI is InChI=1S/C14H15N3OS/c1-9-10-4-7-19-13(10)3-6-17(9)14(18)11-2-5-16-8-12(11)15/h2,4-5,7-9H,3,6,15H2,1H3. The molecule has 0 aliphatic carbocycles. The monoisotopic (exact) mass is 273 g/mol. The second-order valence-corrected chi connectivity index (χ2v) is 5.69. The van der Waals surface area contributed by atoms with E-state index in [0.717, 1.165) is 13.0 Å². The Morgan fingerprint density at radius 2 is 2.37 bits per heavy atom. The summed E-state index contributed by atoms with van der Waals surface area (Å²) in [6.07, 6.45) is 4.06. The Labute approximate surface area is 115 Å². The summed E-state index contributed by atoms with van der Waals surface area (Å²) in [5.41, 5.74) is 8.08. The number of fused-ring (bicyclic) bond motifs is 1. The minimum atomic E-state index is -0.00995. The molecule has 0 radical (unpaired) electrons. The first kappa shape index (κ1) is 12.2. The number of rotatable bonds is 1. The quantitative estimate of drug-likeness (QED) is 0.868. The Morgan fingerprint density at radius 1 is 1.53 bits per heavy atom. The molecule has 4 nitrogen and oxygen atoms in total. The highest BCUT2D eigenvalue weighted by molar-refractivity contribution is 7.10. The van der Waals surface area contributed by atoms with Crippen molar-refractivity contribution in [3.63, 3.8) is 0 Å². The Bertz CT molecular complexity index is 623. The number of anilines is 1. The van der Waals surface area contributed by atoms with E-state index >= 15 is 0 Å². The zero-order chi connectivity index (χ0) is 13.4. The summed E-state index contributed by atoms with van der Waals surface area (Å²) >= 11 is 1.77. The van der Waals surface area contributed by atoms with Gasteiger partial charge in [-0.2, -0.15) is 0 Å². The number of carbonyl (C=O) groups is 1. The van der Waals surface area contributed by atoms with E-state index in [0.29, 0.717) is 11.3 Å². The minimum Gasteiger partial charge on any atom is -0.397 e. The van der Waals surface area contributed by atoms with Crippen molar-refractivity contribution in [3.05, 3.63) is 45.9 Å². The molecule has 3 rings (SSSR count). The number of thiophene rings is 1. The van der Waals surface area contributed by atoms with Crippen LogP contribution in [0.15, 0.2) is 29.9 Å². The van der Waals surface area contributed by atoms with Crippen molar-refractivity contribution >= 4 is 22.9 Å². The van der Waals surface area contributed by atoms with E-state index in [1.54, 1.807) is 23.6 Å². The molecule has 1 amide bonds. The van der Waals surface area contributed by atoms with Gasteiger partial charge in [-0.1, -0.05) is 0 Å². The van der Waals surface area contributed by atoms with Crippen molar-refractivity contribution < 1.29 is 4.79 Å². The Hall–Kier alpha value is -1.88. The van der Waals surface area contributed by atoms with E-state index in [-0.39, 0.29) is 11.9 Å². The highest BCUT2D eigenvalue weighted by atomic mass is 32.1. The fourth-order valence-electron chi connectivity index (χ4n) is 2.54. The highest BCUT2D eigenvalue weighted by Gasteiger charge is 2.29. The molecule has 98 valence electrons. The Balaban J connectivity index is 1.92. The lowest BCUT2D eigenvalue weighted by atomic mass is 10.0. The van der Waals surface area contributed by atoms with Crippen LogP contribution in [-0.2, 0) is 6.42 Å². The molecule has 2 aromatic rings. The summed E-state index contributed by atoms with van der Waals surface area (Å²) in [6.45, 7) is 2.81. The first-order valence-electron chi connectivity index (χ1n) is 6.25. The third-order valence-corrected chi connectivity index (χ3v) is 4.62. The van der Waals surface area contributed by atoms with Gasteiger partial charge in [0.2, 0.25) is 0 Å². The highest BCUT2D eigenvalue weighted by Crippen LogP contribution is 2.34. The van der Waals surface area contributed by atoms with Crippen molar-refractivity contribution in [3.8, 4) is 0 Å². The topological polar surface area (TPSA) is 59.2 Å². The zero-order valence-electron chi connectivity index (χ0n) is 10.7. The van der Waals surface area contributed by atoms with Gasteiger partial charge in [-0.25, -0.2) is 0 Å². The number of carbonyl (C=O) groups excluding carboxylic acids is 1. The lowest BCUT2D eigenvalue weighted by molar-refractivity contribution is 0.0680. The van der Waals surface area contributed by atoms with Crippen LogP contribution in [0.2, 0.25) is 0 Å². The van der Waals surface area contributed by atoms with Gasteiger partial charge in [-0.15, -0.1) is 11.3 Å². The van der Waals surface area contributed by atoms with Crippen LogP contribution in [0.3, 0.4) is 0 Å². The summed E-state index contributed by atoms with van der Waals surface area (Å²) < 4.78 is 0. The van der Waals surface area contributed by atoms with Crippen molar-refractivity contribution in [1.82, 2.24) is 9.88 Å². The van der Waals surface area contributed by atoms with Crippen LogP contribution in [0.5, 0.6) is 0 Å². The second-order valence-electron chi connectivity index (χ2n) is 4.69. The van der Waals surface area contributed by atoms with E-state index in [2.05, 4.69) is 23.4 Å². The zero-order valence-corrected chi connectivity index (χ0v) is 11.5. The van der Waals surface area contributed by atoms with Crippen LogP contribution in [-0.4, -0.2) is 22.3 Å². The van der Waals surface area contributed by atoms with Crippen LogP contribution in [0.1, 0.15) is 33.8 Å². The number of aromatic nitrogens is 1. The summed E-state index contributed by atoms with van der Waals surface area (Å²) in [4.78, 5) is 19.8. The molecule has 1 aliphatic rings. The number of pyridine rings is 1. The van der Waals surface area contributed by atoms with Gasteiger partial charge in [0.05, 0.1) is 23.5 Å². The van der Waals surface area contributed by atoms with Gasteiger partial charge >= 0.3 is 0 Å². The molecule has 1 unspecified atom stereocenters. The minimum absolute atomic E-state index is 0.00995. The van der Waals surface area contributed by atoms with Gasteiger partial charge in [0.25, 0.3) is 5.91 Å². The Kier molecular flexibility index (Phi) is 2.98. The van der Waals surface area contributed by atoms with Crippen LogP contribution < -0.4 is 5.73 Å². The van der Waals surface area contributed by atoms with Crippen LogP contribution in [0.25, 0.3) is 0 Å². The van der Waals surface area contributed by atoms with Crippen LogP contribution in [0.4, 0.5) is 5.69 Å². The molecule has 3 heterocycles. The molecule has 19 heavy (non-hydrogen) atoms. The fourth-order valence-corrected chi connectivity index (χ4v) is 3.51. The van der Waals surface area contributed by atoms with Crippen LogP contribution in [0, 0.1) is 0 Å². The Morgan fingerprint density at radius 3 is 3.16 bits per heavy atom. The van der Waals surface area contributed by atoms with E-state index < -0.39 is 0 Å². The molecule has 1 aliphatic heterocycles. The lowest BCUT2D eigenvalue weighted by Crippen LogP contribution is -2.38. The maximum atomic E-state index is 12.6. The lowest BCUT2D eigenvalue weighted by Gasteiger charge is -2.33. The molecule has 1 atom stereocenters. The van der Waals surface area contributed by atoms with Crippen molar-refractivity contribution in [2.24, 2.45) is 0 Å². The second kappa shape index (κ2) is 4.66. The first-order valence-corrected chi connectivity index (χ1v) is 7.13. The van der Waals surface area contributed by atoms with Crippen molar-refractivity contribution in [2.75, 3.05) is 12.3 Å². The van der Waals surface area contributed by atoms with E-state index in [9.17, 15) is 4.79 Å². The van der Waals surface area contributed by atoms with E-state index in [1.165, 1.54) is 16.6 Å². The molecular weight excluding hydrogens is 258 g/mol. The number of hydrogen-bond acceptors (Lipinski definition) is 4. The number of nitrogens with two attached hydrogens (primary N) is 1. The summed E-state index contributed by atoms with van der Waals surface area (Å²) in [5.74, 6) is -0.00995. The van der Waals surface area contributed by atoms with Gasteiger partial charge in [-0.05, 0) is 36.4 Å². The van der Waals surface area contributed by atoms with Gasteiger partial charge in [-0.3, -0.25) is 9.78 Å². The molecule has 0 fully saturated rings. The number of nitrogen functional groups attached to an aromatic ring is 1. The van der Waals surface area contributed by atoms with Crippen LogP contribution >= 0.6 is 11.3 Å². The molecule has 2 N–H and O–H groups in total. The fraction of sp³-hybridized carbons (Fsp3) is 0.286. The van der Waals surface area contributed by atoms with Gasteiger partial charge < -0.3 is 10.6 Å². The predicted octanol–water partition coefficient (Wildman–Crippen LogP) is 2.48. The average Bonchev–Trinajstić information content (AvgIpc) is 2.88. The summed E-state index contributed by atoms with van der Waals surface area (Å²) in [5, 5.41) is 2.09. The molecule has 0 saturated heterocycles. The van der Waals surface area contributed by atoms with Crippen molar-refractivity contribution in [2.45, 2.75) is 19.4 Å². The van der Waals surface area contributed by atoms with E-state index in [1.807, 2.05) is 4.90 Å². The normalized spacial score (nSPS) is 18.2. The third-order valence-electron chi connectivity index (χ3n) is 3.62. The molecule has 0 saturated carbocycles. The molecule has 0 aromatic carbocycles. The maximum Gasteiger partial charge on any atom is 0.256 e. The molecular formula is C14H15N3OS. The van der Waals surface area contributed by atoms with Gasteiger partial charge in [0, 0.05) is 17.6 Å². The maximum absolute atomic E-state index is 12.6. The number of nitrogens with zero attached hydrogens (tertiary/aromatic N) is 2. The number of hydrogen-bond donors (Lipinski definition) is 1. The molecule has 5 heteroatoms. The average molecular weight is 273 g/mol. The van der Waals surface area contributed by atoms with Gasteiger partial charge in [0.15, 0.2) is 0 Å². The summed E-state index contributed by atoms with van der Waals surface area (Å²) in [6, 6.07) is 3.91. The summed E-state index contributed by atoms with van der Waals surface area (Å²) in [7, 11) is 0. The van der Waals surface area contributed by atoms with Crippen molar-refractivity contribution in [1.29, 1.82) is 0 Å². The van der Waals surface area contributed by atoms with E-state index in [4.69, 9.17) is 5.73 Å². The largest absolute Gasteiger partial charge is 0.397 e. The third kappa shape index (κ3) is 2.00. The smallest absolute Gasteiger partial charge is 0.256 e. The molecule has 0 spiro atoms. The molecule has 0 bridgehead atoms. The predicted molar refractivity (Wildman–Crippen MR) is 76.1 cm³/mol. The SMILES string of the molecule is CC1c2ccsc2CCN1C(=O)c1ccncc1N.